The van der Waals surface area contributed by atoms with Gasteiger partial charge in [-0.25, -0.2) is 4.98 Å². The van der Waals surface area contributed by atoms with E-state index in [4.69, 9.17) is 6.42 Å². The van der Waals surface area contributed by atoms with E-state index in [0.717, 1.165) is 29.7 Å². The van der Waals surface area contributed by atoms with Crippen LogP contribution in [-0.2, 0) is 24.2 Å². The molecule has 6 heteroatoms. The van der Waals surface area contributed by atoms with Gasteiger partial charge in [0, 0.05) is 4.88 Å². The van der Waals surface area contributed by atoms with Crippen LogP contribution in [0.25, 0.3) is 10.2 Å². The predicted molar refractivity (Wildman–Crippen MR) is 82.4 cm³/mol. The van der Waals surface area contributed by atoms with Crippen LogP contribution in [-0.4, -0.2) is 22.0 Å². The highest BCUT2D eigenvalue weighted by atomic mass is 32.1. The molecule has 0 unspecified atom stereocenters. The molecule has 0 fully saturated rings. The molecule has 0 spiro atoms. The summed E-state index contributed by atoms with van der Waals surface area (Å²) >= 11 is 1.60. The zero-order valence-electron chi connectivity index (χ0n) is 11.5. The topological polar surface area (TPSA) is 64.0 Å². The molecule has 0 aromatic carbocycles. The maximum Gasteiger partial charge on any atom is 0.262 e. The van der Waals surface area contributed by atoms with Crippen molar-refractivity contribution in [1.29, 1.82) is 0 Å². The summed E-state index contributed by atoms with van der Waals surface area (Å²) in [4.78, 5) is 30.7. The Morgan fingerprint density at radius 1 is 1.48 bits per heavy atom. The van der Waals surface area contributed by atoms with E-state index in [-0.39, 0.29) is 24.6 Å². The Kier molecular flexibility index (Phi) is 3.76. The van der Waals surface area contributed by atoms with Crippen molar-refractivity contribution in [1.82, 2.24) is 14.9 Å². The third-order valence-electron chi connectivity index (χ3n) is 3.64. The van der Waals surface area contributed by atoms with Gasteiger partial charge in [0.15, 0.2) is 0 Å². The van der Waals surface area contributed by atoms with Gasteiger partial charge in [-0.1, -0.05) is 5.92 Å². The molecule has 5 nitrogen and oxygen atoms in total. The molecule has 2 aromatic rings. The first-order valence-corrected chi connectivity index (χ1v) is 7.72. The fraction of sp³-hybridized carbons (Fsp3) is 0.400. The third kappa shape index (κ3) is 2.57. The Balaban J connectivity index is 1.98. The van der Waals surface area contributed by atoms with Crippen molar-refractivity contribution < 1.29 is 4.79 Å². The lowest BCUT2D eigenvalue weighted by Crippen LogP contribution is -2.32. The average molecular weight is 301 g/mol. The molecule has 108 valence electrons. The molecule has 1 aliphatic rings. The molecule has 0 radical (unpaired) electrons. The van der Waals surface area contributed by atoms with Gasteiger partial charge >= 0.3 is 0 Å². The zero-order chi connectivity index (χ0) is 14.8. The molecule has 1 amide bonds. The van der Waals surface area contributed by atoms with Gasteiger partial charge in [-0.3, -0.25) is 14.2 Å². The molecule has 1 aliphatic carbocycles. The summed E-state index contributed by atoms with van der Waals surface area (Å²) in [6, 6.07) is 0. The van der Waals surface area contributed by atoms with E-state index in [0.29, 0.717) is 5.39 Å². The average Bonchev–Trinajstić information content (AvgIpc) is 2.87. The summed E-state index contributed by atoms with van der Waals surface area (Å²) in [5, 5.41) is 3.25. The van der Waals surface area contributed by atoms with E-state index in [1.165, 1.54) is 22.2 Å². The number of nitrogens with one attached hydrogen (secondary N) is 1. The SMILES string of the molecule is C#CCNC(=O)Cn1cnc2sc3c(c2c1=O)CCCC3. The fourth-order valence-corrected chi connectivity index (χ4v) is 3.87. The number of thiophene rings is 1. The smallest absolute Gasteiger partial charge is 0.262 e. The van der Waals surface area contributed by atoms with Gasteiger partial charge in [-0.05, 0) is 31.2 Å². The number of nitrogens with zero attached hydrogens (tertiary/aromatic N) is 2. The van der Waals surface area contributed by atoms with Crippen molar-refractivity contribution >= 4 is 27.5 Å². The number of carbonyl (C=O) groups is 1. The lowest BCUT2D eigenvalue weighted by Gasteiger charge is -2.10. The van der Waals surface area contributed by atoms with Crippen LogP contribution >= 0.6 is 11.3 Å². The van der Waals surface area contributed by atoms with Crippen LogP contribution in [0.15, 0.2) is 11.1 Å². The van der Waals surface area contributed by atoms with Crippen molar-refractivity contribution in [2.45, 2.75) is 32.2 Å². The van der Waals surface area contributed by atoms with Gasteiger partial charge in [0.05, 0.1) is 18.3 Å². The number of hydrogen-bond donors (Lipinski definition) is 1. The Morgan fingerprint density at radius 2 is 2.29 bits per heavy atom. The van der Waals surface area contributed by atoms with E-state index in [1.54, 1.807) is 11.3 Å². The van der Waals surface area contributed by atoms with E-state index in [1.807, 2.05) is 0 Å². The van der Waals surface area contributed by atoms with Crippen LogP contribution in [0.3, 0.4) is 0 Å². The summed E-state index contributed by atoms with van der Waals surface area (Å²) in [5.74, 6) is 2.05. The predicted octanol–water partition coefficient (Wildman–Crippen LogP) is 1.09. The van der Waals surface area contributed by atoms with Crippen LogP contribution in [0.5, 0.6) is 0 Å². The van der Waals surface area contributed by atoms with Gasteiger partial charge in [0.1, 0.15) is 11.4 Å². The summed E-state index contributed by atoms with van der Waals surface area (Å²) in [6.45, 7) is 0.116. The second-order valence-electron chi connectivity index (χ2n) is 5.05. The van der Waals surface area contributed by atoms with Crippen LogP contribution in [0.4, 0.5) is 0 Å². The molecular weight excluding hydrogens is 286 g/mol. The summed E-state index contributed by atoms with van der Waals surface area (Å²) in [7, 11) is 0. The van der Waals surface area contributed by atoms with Crippen LogP contribution < -0.4 is 10.9 Å². The van der Waals surface area contributed by atoms with Crippen molar-refractivity contribution in [2.75, 3.05) is 6.54 Å². The molecule has 1 N–H and O–H groups in total. The molecule has 3 rings (SSSR count). The normalized spacial score (nSPS) is 13.7. The molecule has 2 aromatic heterocycles. The minimum atomic E-state index is -0.278. The van der Waals surface area contributed by atoms with Crippen LogP contribution in [0.1, 0.15) is 23.3 Å². The first kappa shape index (κ1) is 13.8. The third-order valence-corrected chi connectivity index (χ3v) is 4.84. The van der Waals surface area contributed by atoms with E-state index in [2.05, 4.69) is 16.2 Å². The Bertz CT molecular complexity index is 798. The van der Waals surface area contributed by atoms with E-state index < -0.39 is 0 Å². The van der Waals surface area contributed by atoms with Crippen molar-refractivity contribution in [2.24, 2.45) is 0 Å². The minimum absolute atomic E-state index is 0.0475. The molecule has 0 saturated carbocycles. The largest absolute Gasteiger partial charge is 0.344 e. The lowest BCUT2D eigenvalue weighted by molar-refractivity contribution is -0.121. The minimum Gasteiger partial charge on any atom is -0.344 e. The van der Waals surface area contributed by atoms with Crippen LogP contribution in [0, 0.1) is 12.3 Å². The molecule has 0 aliphatic heterocycles. The molecule has 0 saturated heterocycles. The monoisotopic (exact) mass is 301 g/mol. The number of terminal acetylenes is 1. The molecule has 0 atom stereocenters. The summed E-state index contributed by atoms with van der Waals surface area (Å²) in [5.41, 5.74) is 1.01. The van der Waals surface area contributed by atoms with Gasteiger partial charge in [0.2, 0.25) is 5.91 Å². The highest BCUT2D eigenvalue weighted by Gasteiger charge is 2.20. The number of aryl methyl sites for hydroxylation is 2. The van der Waals surface area contributed by atoms with E-state index in [9.17, 15) is 9.59 Å². The van der Waals surface area contributed by atoms with Gasteiger partial charge in [-0.2, -0.15) is 0 Å². The number of hydrogen-bond acceptors (Lipinski definition) is 4. The maximum atomic E-state index is 12.6. The Labute approximate surface area is 126 Å². The standard InChI is InChI=1S/C15H15N3O2S/c1-2-7-16-12(19)8-18-9-17-14-13(15(18)20)10-5-3-4-6-11(10)21-14/h1,9H,3-8H2,(H,16,19). The van der Waals surface area contributed by atoms with Crippen LogP contribution in [0.2, 0.25) is 0 Å². The lowest BCUT2D eigenvalue weighted by atomic mass is 9.97. The van der Waals surface area contributed by atoms with Gasteiger partial charge < -0.3 is 5.32 Å². The van der Waals surface area contributed by atoms with Crippen molar-refractivity contribution in [3.63, 3.8) is 0 Å². The zero-order valence-corrected chi connectivity index (χ0v) is 12.3. The highest BCUT2D eigenvalue weighted by molar-refractivity contribution is 7.18. The molecule has 21 heavy (non-hydrogen) atoms. The molecule has 2 heterocycles. The molecule has 0 bridgehead atoms. The number of amides is 1. The maximum absolute atomic E-state index is 12.6. The molecular formula is C15H15N3O2S. The van der Waals surface area contributed by atoms with Crippen molar-refractivity contribution in [3.05, 3.63) is 27.1 Å². The number of fused-ring (bicyclic) bond motifs is 3. The Morgan fingerprint density at radius 3 is 3.10 bits per heavy atom. The van der Waals surface area contributed by atoms with Gasteiger partial charge in [0.25, 0.3) is 5.56 Å². The van der Waals surface area contributed by atoms with Crippen molar-refractivity contribution in [3.8, 4) is 12.3 Å². The number of aromatic nitrogens is 2. The first-order chi connectivity index (χ1) is 10.2. The van der Waals surface area contributed by atoms with E-state index >= 15 is 0 Å². The fourth-order valence-electron chi connectivity index (χ4n) is 2.65. The second-order valence-corrected chi connectivity index (χ2v) is 6.13. The number of rotatable bonds is 3. The highest BCUT2D eigenvalue weighted by Crippen LogP contribution is 2.33. The first-order valence-electron chi connectivity index (χ1n) is 6.90. The Hall–Kier alpha value is -2.13. The summed E-state index contributed by atoms with van der Waals surface area (Å²) < 4.78 is 1.36. The van der Waals surface area contributed by atoms with Gasteiger partial charge in [-0.15, -0.1) is 17.8 Å². The summed E-state index contributed by atoms with van der Waals surface area (Å²) in [6.07, 6.45) is 10.8. The number of carbonyl (C=O) groups excluding carboxylic acids is 1. The quantitative estimate of drug-likeness (QED) is 0.863. The second kappa shape index (κ2) is 5.70.